The molecule has 1 aromatic rings. The van der Waals surface area contributed by atoms with Gasteiger partial charge in [0.25, 0.3) is 5.91 Å². The van der Waals surface area contributed by atoms with E-state index in [0.717, 1.165) is 32.4 Å². The van der Waals surface area contributed by atoms with Crippen LogP contribution in [0.15, 0.2) is 30.3 Å². The molecule has 1 aliphatic heterocycles. The van der Waals surface area contributed by atoms with Gasteiger partial charge in [-0.15, -0.1) is 13.1 Å². The Bertz CT molecular complexity index is 413. The van der Waals surface area contributed by atoms with Gasteiger partial charge in [-0.2, -0.15) is 0 Å². The van der Waals surface area contributed by atoms with Crippen molar-refractivity contribution in [3.8, 4) is 0 Å². The summed E-state index contributed by atoms with van der Waals surface area (Å²) in [5.74, 6) is 0.0637. The molecule has 2 rings (SSSR count). The number of carbonyl (C=O) groups is 1. The molecule has 0 aromatic heterocycles. The predicted molar refractivity (Wildman–Crippen MR) is 74.7 cm³/mol. The maximum absolute atomic E-state index is 12.6. The third kappa shape index (κ3) is 3.14. The summed E-state index contributed by atoms with van der Waals surface area (Å²) in [6.07, 6.45) is 2.36. The molecule has 1 fully saturated rings. The normalized spacial score (nSPS) is 18.0. The average molecular weight is 261 g/mol. The molecule has 1 heterocycles. The molecule has 0 atom stereocenters. The van der Waals surface area contributed by atoms with E-state index in [1.165, 1.54) is 17.7 Å². The van der Waals surface area contributed by atoms with Crippen molar-refractivity contribution >= 4 is 5.91 Å². The minimum Gasteiger partial charge on any atom is -0.662 e. The number of hydroxylamine groups is 2. The molecule has 104 valence electrons. The van der Waals surface area contributed by atoms with Gasteiger partial charge < -0.3 is 5.32 Å². The first-order valence-corrected chi connectivity index (χ1v) is 6.67. The molecule has 1 aliphatic rings. The summed E-state index contributed by atoms with van der Waals surface area (Å²) < 4.78 is 0. The van der Waals surface area contributed by atoms with E-state index in [2.05, 4.69) is 17.4 Å². The molecule has 0 N–H and O–H groups in total. The first-order chi connectivity index (χ1) is 9.18. The lowest BCUT2D eigenvalue weighted by atomic mass is 9.73. The van der Waals surface area contributed by atoms with Gasteiger partial charge in [0.15, 0.2) is 0 Å². The van der Waals surface area contributed by atoms with Crippen LogP contribution < -0.4 is 0 Å². The summed E-state index contributed by atoms with van der Waals surface area (Å²) in [6.45, 7) is 1.52. The van der Waals surface area contributed by atoms with Crippen LogP contribution in [0.25, 0.3) is 5.32 Å². The highest BCUT2D eigenvalue weighted by molar-refractivity contribution is 5.82. The smallest absolute Gasteiger partial charge is 0.252 e. The number of benzene rings is 1. The zero-order valence-corrected chi connectivity index (χ0v) is 11.6. The highest BCUT2D eigenvalue weighted by Crippen LogP contribution is 2.37. The minimum absolute atomic E-state index is 0.0637. The fraction of sp³-hybridized carbons (Fsp3) is 0.533. The van der Waals surface area contributed by atoms with Crippen LogP contribution in [0.1, 0.15) is 18.4 Å². The van der Waals surface area contributed by atoms with Crippen LogP contribution in [0.3, 0.4) is 0 Å². The van der Waals surface area contributed by atoms with Crippen LogP contribution in [-0.4, -0.2) is 38.2 Å². The molecule has 4 nitrogen and oxygen atoms in total. The predicted octanol–water partition coefficient (Wildman–Crippen LogP) is 2.40. The lowest BCUT2D eigenvalue weighted by Gasteiger charge is -2.43. The van der Waals surface area contributed by atoms with E-state index < -0.39 is 0 Å². The van der Waals surface area contributed by atoms with Crippen molar-refractivity contribution < 1.29 is 9.63 Å². The third-order valence-corrected chi connectivity index (χ3v) is 3.90. The third-order valence-electron chi connectivity index (χ3n) is 3.90. The molecule has 19 heavy (non-hydrogen) atoms. The van der Waals surface area contributed by atoms with Gasteiger partial charge in [-0.05, 0) is 12.0 Å². The zero-order valence-electron chi connectivity index (χ0n) is 11.6. The summed E-state index contributed by atoms with van der Waals surface area (Å²) in [6, 6.07) is 10.2. The molecule has 0 unspecified atom stereocenters. The van der Waals surface area contributed by atoms with E-state index in [1.807, 2.05) is 18.2 Å². The molecule has 1 saturated heterocycles. The van der Waals surface area contributed by atoms with Gasteiger partial charge >= 0.3 is 0 Å². The van der Waals surface area contributed by atoms with E-state index in [9.17, 15) is 4.79 Å². The van der Waals surface area contributed by atoms with Crippen LogP contribution in [-0.2, 0) is 16.1 Å². The highest BCUT2D eigenvalue weighted by Gasteiger charge is 2.39. The second-order valence-electron chi connectivity index (χ2n) is 5.10. The molecule has 0 saturated carbocycles. The number of nitrogens with zero attached hydrogens (tertiary/aromatic N) is 2. The van der Waals surface area contributed by atoms with Gasteiger partial charge in [-0.3, -0.25) is 9.63 Å². The largest absolute Gasteiger partial charge is 0.662 e. The number of hydrogen-bond donors (Lipinski definition) is 0. The highest BCUT2D eigenvalue weighted by atomic mass is 16.7. The lowest BCUT2D eigenvalue weighted by molar-refractivity contribution is -0.181. The monoisotopic (exact) mass is 261 g/mol. The Morgan fingerprint density at radius 3 is 2.53 bits per heavy atom. The first-order valence-electron chi connectivity index (χ1n) is 6.67. The van der Waals surface area contributed by atoms with Crippen molar-refractivity contribution in [2.75, 3.05) is 27.2 Å². The van der Waals surface area contributed by atoms with Gasteiger partial charge in [0.1, 0.15) is 0 Å². The molecular formula is C15H21N2O2-. The molecule has 0 radical (unpaired) electrons. The quantitative estimate of drug-likeness (QED) is 0.781. The van der Waals surface area contributed by atoms with Crippen molar-refractivity contribution in [1.82, 2.24) is 5.06 Å². The van der Waals surface area contributed by atoms with Crippen molar-refractivity contribution in [3.05, 3.63) is 41.2 Å². The fourth-order valence-electron chi connectivity index (χ4n) is 2.69. The van der Waals surface area contributed by atoms with Crippen LogP contribution in [0.5, 0.6) is 0 Å². The van der Waals surface area contributed by atoms with Crippen molar-refractivity contribution in [3.63, 3.8) is 0 Å². The minimum atomic E-state index is -0.367. The van der Waals surface area contributed by atoms with Crippen LogP contribution in [0.4, 0.5) is 0 Å². The summed E-state index contributed by atoms with van der Waals surface area (Å²) in [5, 5.41) is 5.73. The SMILES string of the molecule is CON(C)C(=O)C1(Cc2ccccc2)CC[N-]CC1. The van der Waals surface area contributed by atoms with Gasteiger partial charge in [-0.25, -0.2) is 5.06 Å². The van der Waals surface area contributed by atoms with Crippen LogP contribution >= 0.6 is 0 Å². The van der Waals surface area contributed by atoms with Gasteiger partial charge in [-0.1, -0.05) is 43.2 Å². The molecule has 0 spiro atoms. The number of amides is 1. The fourth-order valence-corrected chi connectivity index (χ4v) is 2.69. The summed E-state index contributed by atoms with van der Waals surface area (Å²) in [4.78, 5) is 17.7. The summed E-state index contributed by atoms with van der Waals surface area (Å²) >= 11 is 0. The van der Waals surface area contributed by atoms with E-state index in [0.29, 0.717) is 0 Å². The Balaban J connectivity index is 2.22. The van der Waals surface area contributed by atoms with Crippen LogP contribution in [0, 0.1) is 5.41 Å². The van der Waals surface area contributed by atoms with E-state index in [4.69, 9.17) is 4.84 Å². The Morgan fingerprint density at radius 2 is 1.95 bits per heavy atom. The molecular weight excluding hydrogens is 240 g/mol. The molecule has 4 heteroatoms. The van der Waals surface area contributed by atoms with Gasteiger partial charge in [0.05, 0.1) is 12.5 Å². The van der Waals surface area contributed by atoms with Crippen molar-refractivity contribution in [2.45, 2.75) is 19.3 Å². The summed E-state index contributed by atoms with van der Waals surface area (Å²) in [5.41, 5.74) is 0.829. The lowest BCUT2D eigenvalue weighted by Crippen LogP contribution is -2.45. The topological polar surface area (TPSA) is 43.6 Å². The van der Waals surface area contributed by atoms with Crippen molar-refractivity contribution in [2.24, 2.45) is 5.41 Å². The van der Waals surface area contributed by atoms with E-state index in [-0.39, 0.29) is 11.3 Å². The van der Waals surface area contributed by atoms with E-state index in [1.54, 1.807) is 7.05 Å². The number of piperidine rings is 1. The second kappa shape index (κ2) is 6.17. The molecule has 0 aliphatic carbocycles. The number of hydrogen-bond acceptors (Lipinski definition) is 2. The Labute approximate surface area is 114 Å². The Hall–Kier alpha value is -1.39. The molecule has 1 amide bonds. The Morgan fingerprint density at radius 1 is 1.32 bits per heavy atom. The average Bonchev–Trinajstić information content (AvgIpc) is 2.47. The van der Waals surface area contributed by atoms with E-state index >= 15 is 0 Å². The molecule has 1 aromatic carbocycles. The summed E-state index contributed by atoms with van der Waals surface area (Å²) in [7, 11) is 3.21. The zero-order chi connectivity index (χ0) is 13.7. The van der Waals surface area contributed by atoms with Gasteiger partial charge in [0.2, 0.25) is 0 Å². The standard InChI is InChI=1S/C15H21N2O2/c1-17(19-2)14(18)15(8-10-16-11-9-15)12-13-6-4-3-5-7-13/h3-7H,8-12H2,1-2H3/q-1. The maximum atomic E-state index is 12.6. The first kappa shape index (κ1) is 14.0. The van der Waals surface area contributed by atoms with Crippen molar-refractivity contribution in [1.29, 1.82) is 0 Å². The maximum Gasteiger partial charge on any atom is 0.252 e. The number of rotatable bonds is 4. The second-order valence-corrected chi connectivity index (χ2v) is 5.10. The van der Waals surface area contributed by atoms with Gasteiger partial charge in [0, 0.05) is 7.05 Å². The Kier molecular flexibility index (Phi) is 4.56. The van der Waals surface area contributed by atoms with Crippen LogP contribution in [0.2, 0.25) is 0 Å². The number of carbonyl (C=O) groups excluding carboxylic acids is 1. The molecule has 0 bridgehead atoms.